The summed E-state index contributed by atoms with van der Waals surface area (Å²) < 4.78 is 5.93. The van der Waals surface area contributed by atoms with Crippen molar-refractivity contribution in [3.63, 3.8) is 0 Å². The van der Waals surface area contributed by atoms with Crippen LogP contribution in [0.1, 0.15) is 11.1 Å². The molecule has 0 fully saturated rings. The number of benzene rings is 3. The maximum atomic E-state index is 5.93. The number of hydrogen-bond acceptors (Lipinski definition) is 3. The fraction of sp³-hybridized carbons (Fsp3) is 0.0909. The van der Waals surface area contributed by atoms with Gasteiger partial charge in [-0.3, -0.25) is 5.43 Å². The first-order chi connectivity index (χ1) is 13.3. The van der Waals surface area contributed by atoms with E-state index in [0.29, 0.717) is 11.7 Å². The van der Waals surface area contributed by atoms with Crippen LogP contribution in [0.5, 0.6) is 5.75 Å². The lowest BCUT2D eigenvalue weighted by Crippen LogP contribution is -2.23. The first kappa shape index (κ1) is 18.6. The first-order valence-corrected chi connectivity index (χ1v) is 9.13. The Bertz CT molecular complexity index is 882. The highest BCUT2D eigenvalue weighted by molar-refractivity contribution is 7.80. The predicted molar refractivity (Wildman–Crippen MR) is 115 cm³/mol. The van der Waals surface area contributed by atoms with E-state index in [1.54, 1.807) is 6.21 Å². The van der Waals surface area contributed by atoms with Gasteiger partial charge in [0.25, 0.3) is 0 Å². The van der Waals surface area contributed by atoms with Gasteiger partial charge in [-0.05, 0) is 42.0 Å². The third-order valence-corrected chi connectivity index (χ3v) is 4.00. The normalized spacial score (nSPS) is 10.5. The number of hydrazone groups is 1. The Morgan fingerprint density at radius 2 is 1.56 bits per heavy atom. The summed E-state index contributed by atoms with van der Waals surface area (Å²) in [6.07, 6.45) is 2.56. The Labute approximate surface area is 164 Å². The quantitative estimate of drug-likeness (QED) is 0.359. The van der Waals surface area contributed by atoms with E-state index in [4.69, 9.17) is 17.0 Å². The lowest BCUT2D eigenvalue weighted by molar-refractivity contribution is 0.321. The number of nitrogens with one attached hydrogen (secondary N) is 2. The maximum Gasteiger partial charge on any atom is 0.191 e. The third-order valence-electron chi connectivity index (χ3n) is 3.81. The van der Waals surface area contributed by atoms with Crippen molar-refractivity contribution in [3.05, 3.63) is 96.1 Å². The summed E-state index contributed by atoms with van der Waals surface area (Å²) in [6, 6.07) is 27.8. The van der Waals surface area contributed by atoms with Gasteiger partial charge in [0, 0.05) is 17.7 Å². The van der Waals surface area contributed by atoms with E-state index in [2.05, 4.69) is 28.0 Å². The van der Waals surface area contributed by atoms with Crippen molar-refractivity contribution in [2.24, 2.45) is 5.10 Å². The Morgan fingerprint density at radius 3 is 2.33 bits per heavy atom. The van der Waals surface area contributed by atoms with Gasteiger partial charge in [0.2, 0.25) is 0 Å². The van der Waals surface area contributed by atoms with Crippen LogP contribution in [0, 0.1) is 0 Å². The summed E-state index contributed by atoms with van der Waals surface area (Å²) >= 11 is 5.24. The number of nitrogens with zero attached hydrogens (tertiary/aromatic N) is 1. The molecule has 5 heteroatoms. The molecule has 0 aliphatic carbocycles. The first-order valence-electron chi connectivity index (χ1n) is 8.72. The maximum absolute atomic E-state index is 5.93. The van der Waals surface area contributed by atoms with Gasteiger partial charge >= 0.3 is 0 Å². The minimum Gasteiger partial charge on any atom is -0.493 e. The number of thiocarbonyl (C=S) groups is 1. The molecule has 0 atom stereocenters. The third kappa shape index (κ3) is 6.24. The van der Waals surface area contributed by atoms with Crippen molar-refractivity contribution in [3.8, 4) is 5.75 Å². The molecule has 0 aliphatic rings. The molecule has 0 amide bonds. The van der Waals surface area contributed by atoms with E-state index in [9.17, 15) is 0 Å². The van der Waals surface area contributed by atoms with Crippen LogP contribution in [0.3, 0.4) is 0 Å². The summed E-state index contributed by atoms with van der Waals surface area (Å²) in [5, 5.41) is 7.71. The van der Waals surface area contributed by atoms with Crippen LogP contribution >= 0.6 is 12.2 Å². The van der Waals surface area contributed by atoms with Crippen LogP contribution in [0.4, 0.5) is 5.69 Å². The van der Waals surface area contributed by atoms with Crippen LogP contribution in [-0.4, -0.2) is 17.9 Å². The SMILES string of the molecule is S=C(NN=Cc1ccccc1OCCc1ccccc1)Nc1ccccc1. The molecule has 136 valence electrons. The Hall–Kier alpha value is -3.18. The molecule has 4 nitrogen and oxygen atoms in total. The molecule has 0 unspecified atom stereocenters. The number of hydrogen-bond donors (Lipinski definition) is 2. The van der Waals surface area contributed by atoms with Crippen LogP contribution in [0.15, 0.2) is 90.0 Å². The summed E-state index contributed by atoms with van der Waals surface area (Å²) in [5.74, 6) is 0.793. The van der Waals surface area contributed by atoms with Gasteiger partial charge in [0.05, 0.1) is 12.8 Å². The Morgan fingerprint density at radius 1 is 0.889 bits per heavy atom. The summed E-state index contributed by atoms with van der Waals surface area (Å²) in [6.45, 7) is 0.607. The number of anilines is 1. The van der Waals surface area contributed by atoms with Gasteiger partial charge in [-0.1, -0.05) is 60.7 Å². The number of rotatable bonds is 7. The Balaban J connectivity index is 1.52. The van der Waals surface area contributed by atoms with Crippen molar-refractivity contribution in [2.45, 2.75) is 6.42 Å². The van der Waals surface area contributed by atoms with Crippen molar-refractivity contribution in [2.75, 3.05) is 11.9 Å². The van der Waals surface area contributed by atoms with Gasteiger partial charge < -0.3 is 10.1 Å². The Kier molecular flexibility index (Phi) is 6.95. The molecule has 0 bridgehead atoms. The highest BCUT2D eigenvalue weighted by Crippen LogP contribution is 2.16. The zero-order valence-electron chi connectivity index (χ0n) is 14.8. The molecule has 2 N–H and O–H groups in total. The van der Waals surface area contributed by atoms with Gasteiger partial charge in [-0.2, -0.15) is 5.10 Å². The van der Waals surface area contributed by atoms with Crippen LogP contribution < -0.4 is 15.5 Å². The molecule has 0 heterocycles. The largest absolute Gasteiger partial charge is 0.493 e. The van der Waals surface area contributed by atoms with E-state index in [1.165, 1.54) is 5.56 Å². The average Bonchev–Trinajstić information content (AvgIpc) is 2.71. The fourth-order valence-corrected chi connectivity index (χ4v) is 2.65. The van der Waals surface area contributed by atoms with Gasteiger partial charge in [0.1, 0.15) is 5.75 Å². The molecule has 3 aromatic rings. The smallest absolute Gasteiger partial charge is 0.191 e. The average molecular weight is 375 g/mol. The highest BCUT2D eigenvalue weighted by atomic mass is 32.1. The second-order valence-corrected chi connectivity index (χ2v) is 6.22. The van der Waals surface area contributed by atoms with E-state index >= 15 is 0 Å². The van der Waals surface area contributed by atoms with Crippen molar-refractivity contribution in [1.82, 2.24) is 5.43 Å². The zero-order valence-corrected chi connectivity index (χ0v) is 15.7. The van der Waals surface area contributed by atoms with Gasteiger partial charge in [-0.25, -0.2) is 0 Å². The fourth-order valence-electron chi connectivity index (χ4n) is 2.48. The topological polar surface area (TPSA) is 45.7 Å². The second kappa shape index (κ2) is 10.1. The molecule has 0 saturated heterocycles. The molecule has 0 saturated carbocycles. The van der Waals surface area contributed by atoms with E-state index in [0.717, 1.165) is 23.4 Å². The molecule has 0 aliphatic heterocycles. The minimum atomic E-state index is 0.430. The van der Waals surface area contributed by atoms with Crippen molar-refractivity contribution in [1.29, 1.82) is 0 Å². The van der Waals surface area contributed by atoms with Gasteiger partial charge in [0.15, 0.2) is 5.11 Å². The zero-order chi connectivity index (χ0) is 18.7. The minimum absolute atomic E-state index is 0.430. The van der Waals surface area contributed by atoms with Crippen LogP contribution in [0.2, 0.25) is 0 Å². The molecule has 27 heavy (non-hydrogen) atoms. The van der Waals surface area contributed by atoms with Crippen molar-refractivity contribution < 1.29 is 4.74 Å². The highest BCUT2D eigenvalue weighted by Gasteiger charge is 2.01. The second-order valence-electron chi connectivity index (χ2n) is 5.81. The molecular formula is C22H21N3OS. The van der Waals surface area contributed by atoms with E-state index in [1.807, 2.05) is 72.8 Å². The standard InChI is InChI=1S/C22H21N3OS/c27-22(24-20-12-5-2-6-13-20)25-23-17-19-11-7-8-14-21(19)26-16-15-18-9-3-1-4-10-18/h1-14,17H,15-16H2,(H2,24,25,27). The molecular weight excluding hydrogens is 354 g/mol. The lowest BCUT2D eigenvalue weighted by Gasteiger charge is -2.09. The lowest BCUT2D eigenvalue weighted by atomic mass is 10.2. The monoisotopic (exact) mass is 375 g/mol. The predicted octanol–water partition coefficient (Wildman–Crippen LogP) is 4.63. The summed E-state index contributed by atoms with van der Waals surface area (Å²) in [7, 11) is 0. The summed E-state index contributed by atoms with van der Waals surface area (Å²) in [4.78, 5) is 0. The molecule has 3 rings (SSSR count). The number of para-hydroxylation sites is 2. The molecule has 0 aromatic heterocycles. The molecule has 3 aromatic carbocycles. The molecule has 0 radical (unpaired) electrons. The number of ether oxygens (including phenoxy) is 1. The molecule has 0 spiro atoms. The van der Waals surface area contributed by atoms with Crippen LogP contribution in [0.25, 0.3) is 0 Å². The van der Waals surface area contributed by atoms with E-state index < -0.39 is 0 Å². The van der Waals surface area contributed by atoms with Crippen LogP contribution in [-0.2, 0) is 6.42 Å². The van der Waals surface area contributed by atoms with Crippen molar-refractivity contribution >= 4 is 29.2 Å². The summed E-state index contributed by atoms with van der Waals surface area (Å²) in [5.41, 5.74) is 5.88. The van der Waals surface area contributed by atoms with Gasteiger partial charge in [-0.15, -0.1) is 0 Å². The van der Waals surface area contributed by atoms with E-state index in [-0.39, 0.29) is 0 Å².